The van der Waals surface area contributed by atoms with Gasteiger partial charge in [0.1, 0.15) is 11.5 Å². The zero-order valence-electron chi connectivity index (χ0n) is 33.7. The number of nitrogens with one attached hydrogen (secondary N) is 2. The Morgan fingerprint density at radius 2 is 1.61 bits per heavy atom. The van der Waals surface area contributed by atoms with E-state index in [-0.39, 0.29) is 22.4 Å². The summed E-state index contributed by atoms with van der Waals surface area (Å²) in [6.45, 7) is 4.70. The Morgan fingerprint density at radius 1 is 0.836 bits per heavy atom. The molecule has 2 amide bonds. The van der Waals surface area contributed by atoms with Gasteiger partial charge in [0.15, 0.2) is 5.13 Å². The number of carbonyl (C=O) groups excluding carboxylic acids is 2. The molecule has 16 heteroatoms. The predicted molar refractivity (Wildman–Crippen MR) is 235 cm³/mol. The smallest absolute Gasteiger partial charge is 0.306 e. The number of rotatable bonds is 11. The third kappa shape index (κ3) is 8.33. The molecule has 2 aliphatic heterocycles. The zero-order chi connectivity index (χ0) is 42.3. The summed E-state index contributed by atoms with van der Waals surface area (Å²) in [7, 11) is -4.34. The number of nitrogens with zero attached hydrogens (tertiary/aromatic N) is 6. The van der Waals surface area contributed by atoms with E-state index in [4.69, 9.17) is 10.1 Å². The van der Waals surface area contributed by atoms with Gasteiger partial charge in [-0.15, -0.1) is 0 Å². The molecule has 0 bridgehead atoms. The van der Waals surface area contributed by atoms with E-state index < -0.39 is 21.9 Å². The average Bonchev–Trinajstić information content (AvgIpc) is 4.03. The summed E-state index contributed by atoms with van der Waals surface area (Å²) in [6, 6.07) is 23.3. The van der Waals surface area contributed by atoms with Gasteiger partial charge in [0, 0.05) is 60.8 Å². The van der Waals surface area contributed by atoms with Gasteiger partial charge in [-0.1, -0.05) is 48.4 Å². The van der Waals surface area contributed by atoms with Crippen molar-refractivity contribution in [2.24, 2.45) is 11.8 Å². The van der Waals surface area contributed by atoms with Crippen LogP contribution in [0.1, 0.15) is 76.2 Å². The van der Waals surface area contributed by atoms with E-state index in [1.807, 2.05) is 63.9 Å². The minimum Gasteiger partial charge on any atom is -0.481 e. The van der Waals surface area contributed by atoms with Gasteiger partial charge in [-0.25, -0.2) is 23.1 Å². The molecule has 0 atom stereocenters. The molecule has 3 aromatic carbocycles. The van der Waals surface area contributed by atoms with Crippen LogP contribution in [0.15, 0.2) is 90.0 Å². The number of hydrogen-bond donors (Lipinski definition) is 3. The van der Waals surface area contributed by atoms with Gasteiger partial charge in [-0.05, 0) is 111 Å². The number of fused-ring (bicyclic) bond motifs is 2. The molecule has 6 aromatic rings. The number of thiazole rings is 1. The molecule has 314 valence electrons. The highest BCUT2D eigenvalue weighted by atomic mass is 32.2. The summed E-state index contributed by atoms with van der Waals surface area (Å²) < 4.78 is 32.9. The number of aliphatic carboxylic acids is 1. The van der Waals surface area contributed by atoms with Crippen molar-refractivity contribution in [1.82, 2.24) is 24.5 Å². The second-order valence-electron chi connectivity index (χ2n) is 16.1. The molecule has 0 unspecified atom stereocenters. The maximum atomic E-state index is 14.3. The third-order valence-corrected chi connectivity index (χ3v) is 14.6. The Bertz CT molecular complexity index is 2720. The van der Waals surface area contributed by atoms with Crippen LogP contribution in [-0.4, -0.2) is 70.7 Å². The first-order valence-electron chi connectivity index (χ1n) is 20.7. The number of para-hydroxylation sites is 1. The van der Waals surface area contributed by atoms with Gasteiger partial charge in [0.05, 0.1) is 27.2 Å². The molecular formula is C45H46N8O6S2. The van der Waals surface area contributed by atoms with E-state index in [0.29, 0.717) is 79.0 Å². The van der Waals surface area contributed by atoms with E-state index in [0.717, 1.165) is 52.1 Å². The van der Waals surface area contributed by atoms with Crippen LogP contribution in [0, 0.1) is 18.8 Å². The number of hydrogen-bond acceptors (Lipinski definition) is 11. The summed E-state index contributed by atoms with van der Waals surface area (Å²) in [6.07, 6.45) is 8.04. The minimum atomic E-state index is -4.34. The Morgan fingerprint density at radius 3 is 2.36 bits per heavy atom. The van der Waals surface area contributed by atoms with Crippen LogP contribution in [0.3, 0.4) is 0 Å². The highest BCUT2D eigenvalue weighted by molar-refractivity contribution is 7.90. The summed E-state index contributed by atoms with van der Waals surface area (Å²) in [5.74, 6) is -1.35. The Kier molecular flexibility index (Phi) is 11.0. The molecule has 0 spiro atoms. The fourth-order valence-corrected chi connectivity index (χ4v) is 10.7. The topological polar surface area (TPSA) is 180 Å². The van der Waals surface area contributed by atoms with Crippen LogP contribution in [0.25, 0.3) is 21.3 Å². The number of sulfonamides is 1. The van der Waals surface area contributed by atoms with E-state index in [1.54, 1.807) is 30.5 Å². The summed E-state index contributed by atoms with van der Waals surface area (Å²) in [5, 5.41) is 17.6. The highest BCUT2D eigenvalue weighted by Crippen LogP contribution is 2.34. The fourth-order valence-electron chi connectivity index (χ4n) is 8.88. The van der Waals surface area contributed by atoms with Gasteiger partial charge < -0.3 is 14.9 Å². The Hall–Kier alpha value is -6.13. The molecular weight excluding hydrogens is 813 g/mol. The molecule has 2 fully saturated rings. The van der Waals surface area contributed by atoms with Gasteiger partial charge in [0.2, 0.25) is 0 Å². The first kappa shape index (κ1) is 40.3. The van der Waals surface area contributed by atoms with Crippen LogP contribution in [0.4, 0.5) is 16.6 Å². The number of aromatic nitrogens is 4. The van der Waals surface area contributed by atoms with E-state index in [9.17, 15) is 27.9 Å². The lowest BCUT2D eigenvalue weighted by Crippen LogP contribution is -2.36. The molecule has 14 nitrogen and oxygen atoms in total. The van der Waals surface area contributed by atoms with E-state index >= 15 is 0 Å². The van der Waals surface area contributed by atoms with Crippen molar-refractivity contribution in [3.8, 4) is 11.1 Å². The van der Waals surface area contributed by atoms with E-state index in [2.05, 4.69) is 15.0 Å². The fraction of sp³-hybridized carbons (Fsp3) is 0.333. The van der Waals surface area contributed by atoms with Crippen LogP contribution < -0.4 is 19.8 Å². The molecule has 1 saturated carbocycles. The van der Waals surface area contributed by atoms with Crippen molar-refractivity contribution < 1.29 is 27.9 Å². The Balaban J connectivity index is 0.994. The minimum absolute atomic E-state index is 0.0600. The van der Waals surface area contributed by atoms with Gasteiger partial charge in [-0.3, -0.25) is 24.4 Å². The summed E-state index contributed by atoms with van der Waals surface area (Å²) in [5.41, 5.74) is 5.92. The molecule has 5 heterocycles. The Labute approximate surface area is 357 Å². The molecule has 0 radical (unpaired) electrons. The number of pyridine rings is 1. The molecule has 1 saturated heterocycles. The molecule has 3 aromatic heterocycles. The van der Waals surface area contributed by atoms with Crippen LogP contribution in [0.2, 0.25) is 0 Å². The average molecular weight is 859 g/mol. The number of carbonyl (C=O) groups is 3. The highest BCUT2D eigenvalue weighted by Gasteiger charge is 2.29. The van der Waals surface area contributed by atoms with E-state index in [1.165, 1.54) is 36.3 Å². The normalized spacial score (nSPS) is 16.1. The predicted octanol–water partition coefficient (Wildman–Crippen LogP) is 7.29. The largest absolute Gasteiger partial charge is 0.481 e. The zero-order valence-corrected chi connectivity index (χ0v) is 35.3. The second-order valence-corrected chi connectivity index (χ2v) is 18.8. The van der Waals surface area contributed by atoms with Crippen LogP contribution >= 0.6 is 11.3 Å². The number of amides is 2. The lowest BCUT2D eigenvalue weighted by molar-refractivity contribution is -0.142. The van der Waals surface area contributed by atoms with Crippen LogP contribution in [-0.2, 0) is 34.3 Å². The number of carboxylic acids is 1. The van der Waals surface area contributed by atoms with Crippen molar-refractivity contribution in [3.63, 3.8) is 0 Å². The molecule has 9 rings (SSSR count). The van der Waals surface area contributed by atoms with Crippen molar-refractivity contribution in [3.05, 3.63) is 113 Å². The second kappa shape index (κ2) is 16.7. The lowest BCUT2D eigenvalue weighted by Gasteiger charge is -2.32. The maximum absolute atomic E-state index is 14.3. The number of anilines is 3. The first-order chi connectivity index (χ1) is 29.5. The standard InChI is InChI=1S/C45H46N8O6S2/c1-28-36(25-46-53(28)26-29-7-2-3-8-29)34-17-18-40(48-41(34)43(55)50-61(58,59)33-15-13-32(14-16-33)51-22-20-31(21-23-51)44(56)57)52-24-19-30-9-6-10-35(37(30)27-52)42(54)49-45-47-38-11-4-5-12-39(38)60-45/h4-6,9-18,25,29,31H,2-3,7-8,19-24,26-27H2,1H3,(H,50,55)(H,56,57)(H,47,49,54). The van der Waals surface area contributed by atoms with Gasteiger partial charge in [-0.2, -0.15) is 5.10 Å². The van der Waals surface area contributed by atoms with Crippen molar-refractivity contribution in [2.75, 3.05) is 34.8 Å². The monoisotopic (exact) mass is 858 g/mol. The van der Waals surface area contributed by atoms with Crippen molar-refractivity contribution >= 4 is 66.0 Å². The summed E-state index contributed by atoms with van der Waals surface area (Å²) in [4.78, 5) is 52.9. The maximum Gasteiger partial charge on any atom is 0.306 e. The van der Waals surface area contributed by atoms with Crippen molar-refractivity contribution in [1.29, 1.82) is 0 Å². The SMILES string of the molecule is Cc1c(-c2ccc(N3CCc4cccc(C(=O)Nc5nc6ccccc6s5)c4C3)nc2C(=O)NS(=O)(=O)c2ccc(N3CCC(C(=O)O)CC3)cc2)cnn1CC1CCCC1. The number of carboxylic acid groups (broad SMARTS) is 1. The molecule has 1 aliphatic carbocycles. The number of piperidine rings is 1. The number of benzene rings is 3. The third-order valence-electron chi connectivity index (χ3n) is 12.3. The van der Waals surface area contributed by atoms with Crippen LogP contribution in [0.5, 0.6) is 0 Å². The summed E-state index contributed by atoms with van der Waals surface area (Å²) >= 11 is 1.41. The lowest BCUT2D eigenvalue weighted by atomic mass is 9.94. The van der Waals surface area contributed by atoms with Gasteiger partial charge >= 0.3 is 5.97 Å². The quantitative estimate of drug-likeness (QED) is 0.119. The molecule has 3 aliphatic rings. The van der Waals surface area contributed by atoms with Gasteiger partial charge in [0.25, 0.3) is 21.8 Å². The van der Waals surface area contributed by atoms with Crippen molar-refractivity contribution in [2.45, 2.75) is 69.9 Å². The molecule has 61 heavy (non-hydrogen) atoms. The first-order valence-corrected chi connectivity index (χ1v) is 23.0. The molecule has 3 N–H and O–H groups in total.